The van der Waals surface area contributed by atoms with Gasteiger partial charge in [0.05, 0.1) is 12.9 Å². The maximum atomic E-state index is 11.3. The van der Waals surface area contributed by atoms with Crippen LogP contribution in [0.3, 0.4) is 0 Å². The fourth-order valence-electron chi connectivity index (χ4n) is 2.73. The highest BCUT2D eigenvalue weighted by Gasteiger charge is 2.19. The van der Waals surface area contributed by atoms with Crippen LogP contribution in [0.25, 0.3) is 0 Å². The molecule has 0 radical (unpaired) electrons. The maximum Gasteiger partial charge on any atom is 0.229 e. The highest BCUT2D eigenvalue weighted by atomic mass is 127. The highest BCUT2D eigenvalue weighted by molar-refractivity contribution is 14.0. The van der Waals surface area contributed by atoms with Gasteiger partial charge in [-0.25, -0.2) is 8.42 Å². The third-order valence-electron chi connectivity index (χ3n) is 3.81. The number of hydrogen-bond donors (Lipinski definition) is 2. The van der Waals surface area contributed by atoms with Crippen molar-refractivity contribution in [3.63, 3.8) is 0 Å². The molecule has 1 aromatic rings. The van der Waals surface area contributed by atoms with Crippen molar-refractivity contribution in [3.05, 3.63) is 29.8 Å². The number of aliphatic imine (C=N–C) groups is 1. The largest absolute Gasteiger partial charge is 0.381 e. The molecule has 142 valence electrons. The van der Waals surface area contributed by atoms with Crippen LogP contribution in [0.15, 0.2) is 29.3 Å². The Morgan fingerprint density at radius 3 is 2.80 bits per heavy atom. The average Bonchev–Trinajstić information content (AvgIpc) is 2.99. The van der Waals surface area contributed by atoms with Gasteiger partial charge in [0.2, 0.25) is 10.0 Å². The van der Waals surface area contributed by atoms with E-state index in [1.54, 1.807) is 13.1 Å². The number of nitrogens with one attached hydrogen (secondary N) is 2. The number of ether oxygens (including phenoxy) is 1. The minimum atomic E-state index is -3.27. The molecule has 1 aliphatic rings. The van der Waals surface area contributed by atoms with Crippen molar-refractivity contribution in [2.24, 2.45) is 10.9 Å². The molecule has 0 amide bonds. The molecule has 2 rings (SSSR count). The molecule has 0 bridgehead atoms. The van der Waals surface area contributed by atoms with Crippen molar-refractivity contribution in [2.45, 2.75) is 13.0 Å². The van der Waals surface area contributed by atoms with Crippen molar-refractivity contribution in [2.75, 3.05) is 44.8 Å². The summed E-state index contributed by atoms with van der Waals surface area (Å²) in [5, 5.41) is 3.31. The molecule has 9 heteroatoms. The number of hydrogen-bond acceptors (Lipinski definition) is 4. The molecule has 1 aliphatic heterocycles. The summed E-state index contributed by atoms with van der Waals surface area (Å²) in [6, 6.07) is 7.31. The van der Waals surface area contributed by atoms with Crippen LogP contribution in [-0.4, -0.2) is 59.4 Å². The van der Waals surface area contributed by atoms with Gasteiger partial charge in [0, 0.05) is 45.4 Å². The quantitative estimate of drug-likeness (QED) is 0.367. The Morgan fingerprint density at radius 2 is 2.20 bits per heavy atom. The summed E-state index contributed by atoms with van der Waals surface area (Å²) in [6.07, 6.45) is 2.22. The van der Waals surface area contributed by atoms with Gasteiger partial charge in [-0.1, -0.05) is 12.1 Å². The topological polar surface area (TPSA) is 83.0 Å². The summed E-state index contributed by atoms with van der Waals surface area (Å²) in [5.74, 6) is 1.35. The van der Waals surface area contributed by atoms with E-state index in [1.165, 1.54) is 0 Å². The number of anilines is 1. The molecule has 1 fully saturated rings. The lowest BCUT2D eigenvalue weighted by Crippen LogP contribution is -2.41. The number of sulfonamides is 1. The van der Waals surface area contributed by atoms with Crippen LogP contribution in [0.2, 0.25) is 0 Å². The maximum absolute atomic E-state index is 11.3. The first-order chi connectivity index (χ1) is 11.4. The molecule has 1 unspecified atom stereocenters. The van der Waals surface area contributed by atoms with Crippen molar-refractivity contribution >= 4 is 45.6 Å². The average molecular weight is 482 g/mol. The molecule has 0 aliphatic carbocycles. The number of halogens is 1. The smallest absolute Gasteiger partial charge is 0.229 e. The Labute approximate surface area is 167 Å². The fraction of sp³-hybridized carbons (Fsp3) is 0.562. The first kappa shape index (κ1) is 22.0. The number of benzene rings is 1. The van der Waals surface area contributed by atoms with Crippen molar-refractivity contribution < 1.29 is 13.2 Å². The highest BCUT2D eigenvalue weighted by Crippen LogP contribution is 2.14. The molecular weight excluding hydrogens is 455 g/mol. The van der Waals surface area contributed by atoms with Gasteiger partial charge in [0.15, 0.2) is 5.96 Å². The minimum Gasteiger partial charge on any atom is -0.381 e. The van der Waals surface area contributed by atoms with E-state index in [9.17, 15) is 8.42 Å². The molecule has 1 atom stereocenters. The van der Waals surface area contributed by atoms with Crippen LogP contribution in [-0.2, 0) is 21.3 Å². The zero-order valence-corrected chi connectivity index (χ0v) is 18.0. The van der Waals surface area contributed by atoms with Crippen LogP contribution >= 0.6 is 24.0 Å². The van der Waals surface area contributed by atoms with Crippen LogP contribution in [0.5, 0.6) is 0 Å². The van der Waals surface area contributed by atoms with E-state index in [0.717, 1.165) is 44.0 Å². The second-order valence-electron chi connectivity index (χ2n) is 6.09. The van der Waals surface area contributed by atoms with Crippen molar-refractivity contribution in [3.8, 4) is 0 Å². The van der Waals surface area contributed by atoms with Gasteiger partial charge < -0.3 is 15.0 Å². The normalized spacial score (nSPS) is 17.7. The zero-order chi connectivity index (χ0) is 17.6. The standard InChI is InChI=1S/C16H26N4O3S.HI/c1-17-16(20(2)11-14-7-8-23-12-14)18-10-13-5-4-6-15(9-13)19-24(3,21)22;/h4-6,9,14,19H,7-8,10-12H2,1-3H3,(H,17,18);1H. The molecule has 7 nitrogen and oxygen atoms in total. The molecule has 0 aromatic heterocycles. The Morgan fingerprint density at radius 1 is 1.44 bits per heavy atom. The van der Waals surface area contributed by atoms with E-state index in [4.69, 9.17) is 4.74 Å². The second kappa shape index (κ2) is 10.2. The Balaban J connectivity index is 0.00000312. The van der Waals surface area contributed by atoms with Gasteiger partial charge in [-0.2, -0.15) is 0 Å². The predicted molar refractivity (Wildman–Crippen MR) is 112 cm³/mol. The predicted octanol–water partition coefficient (Wildman–Crippen LogP) is 1.72. The molecule has 0 spiro atoms. The molecule has 1 saturated heterocycles. The molecule has 1 heterocycles. The van der Waals surface area contributed by atoms with Crippen LogP contribution in [0.1, 0.15) is 12.0 Å². The minimum absolute atomic E-state index is 0. The Hall–Kier alpha value is -1.07. The van der Waals surface area contributed by atoms with Gasteiger partial charge in [0.25, 0.3) is 0 Å². The summed E-state index contributed by atoms with van der Waals surface area (Å²) in [7, 11) is 0.494. The van der Waals surface area contributed by atoms with Gasteiger partial charge >= 0.3 is 0 Å². The van der Waals surface area contributed by atoms with E-state index in [2.05, 4.69) is 19.9 Å². The van der Waals surface area contributed by atoms with E-state index in [0.29, 0.717) is 18.2 Å². The summed E-state index contributed by atoms with van der Waals surface area (Å²) >= 11 is 0. The van der Waals surface area contributed by atoms with Crippen molar-refractivity contribution in [1.29, 1.82) is 0 Å². The van der Waals surface area contributed by atoms with E-state index < -0.39 is 10.0 Å². The molecular formula is C16H27IN4O3S. The van der Waals surface area contributed by atoms with E-state index >= 15 is 0 Å². The monoisotopic (exact) mass is 482 g/mol. The lowest BCUT2D eigenvalue weighted by atomic mass is 10.1. The van der Waals surface area contributed by atoms with Gasteiger partial charge in [0.1, 0.15) is 0 Å². The lowest BCUT2D eigenvalue weighted by Gasteiger charge is -2.24. The van der Waals surface area contributed by atoms with Gasteiger partial charge in [-0.3, -0.25) is 9.71 Å². The van der Waals surface area contributed by atoms with Crippen LogP contribution in [0.4, 0.5) is 5.69 Å². The number of rotatable bonds is 6. The third-order valence-corrected chi connectivity index (χ3v) is 4.42. The SMILES string of the molecule is CN=C(NCc1cccc(NS(C)(=O)=O)c1)N(C)CC1CCOC1.I. The second-order valence-corrected chi connectivity index (χ2v) is 7.83. The summed E-state index contributed by atoms with van der Waals surface area (Å²) in [5.41, 5.74) is 1.53. The van der Waals surface area contributed by atoms with Gasteiger partial charge in [-0.15, -0.1) is 24.0 Å². The third kappa shape index (κ3) is 7.78. The number of nitrogens with zero attached hydrogens (tertiary/aromatic N) is 2. The summed E-state index contributed by atoms with van der Waals surface area (Å²) < 4.78 is 30.5. The van der Waals surface area contributed by atoms with Gasteiger partial charge in [-0.05, 0) is 24.1 Å². The number of guanidine groups is 1. The summed E-state index contributed by atoms with van der Waals surface area (Å²) in [4.78, 5) is 6.40. The van der Waals surface area contributed by atoms with Crippen molar-refractivity contribution in [1.82, 2.24) is 10.2 Å². The molecule has 2 N–H and O–H groups in total. The molecule has 25 heavy (non-hydrogen) atoms. The fourth-order valence-corrected chi connectivity index (χ4v) is 3.28. The summed E-state index contributed by atoms with van der Waals surface area (Å²) in [6.45, 7) is 3.11. The van der Waals surface area contributed by atoms with Crippen LogP contribution < -0.4 is 10.0 Å². The Bertz CT molecular complexity index is 676. The van der Waals surface area contributed by atoms with Crippen LogP contribution in [0, 0.1) is 5.92 Å². The lowest BCUT2D eigenvalue weighted by molar-refractivity contribution is 0.181. The zero-order valence-electron chi connectivity index (χ0n) is 14.9. The van der Waals surface area contributed by atoms with E-state index in [1.807, 2.05) is 25.2 Å². The first-order valence-electron chi connectivity index (χ1n) is 7.93. The van der Waals surface area contributed by atoms with E-state index in [-0.39, 0.29) is 24.0 Å². The first-order valence-corrected chi connectivity index (χ1v) is 9.83. The molecule has 0 saturated carbocycles. The molecule has 1 aromatic carbocycles. The Kier molecular flexibility index (Phi) is 8.94.